The minimum atomic E-state index is -0.793. The van der Waals surface area contributed by atoms with Crippen molar-refractivity contribution in [2.75, 3.05) is 13.1 Å². The van der Waals surface area contributed by atoms with E-state index in [4.69, 9.17) is 0 Å². The smallest absolute Gasteiger partial charge is 0.269 e. The van der Waals surface area contributed by atoms with E-state index in [9.17, 15) is 20.0 Å². The SMILES string of the molecule is CC1(O)CN(C(=O)Cc2cccc([N+](=O)[O-])c2)C1. The summed E-state index contributed by atoms with van der Waals surface area (Å²) in [6.07, 6.45) is 0.123. The van der Waals surface area contributed by atoms with Gasteiger partial charge in [0.2, 0.25) is 5.91 Å². The molecule has 0 aromatic heterocycles. The molecule has 0 spiro atoms. The summed E-state index contributed by atoms with van der Waals surface area (Å²) in [5.74, 6) is -0.123. The number of aliphatic hydroxyl groups is 1. The van der Waals surface area contributed by atoms with Gasteiger partial charge in [-0.2, -0.15) is 0 Å². The molecular weight excluding hydrogens is 236 g/mol. The zero-order chi connectivity index (χ0) is 13.3. The second-order valence-electron chi connectivity index (χ2n) is 4.85. The van der Waals surface area contributed by atoms with Crippen LogP contribution in [0.15, 0.2) is 24.3 Å². The summed E-state index contributed by atoms with van der Waals surface area (Å²) in [4.78, 5) is 23.5. The maximum absolute atomic E-state index is 11.8. The molecule has 6 nitrogen and oxygen atoms in total. The lowest BCUT2D eigenvalue weighted by molar-refractivity contribution is -0.384. The van der Waals surface area contributed by atoms with Crippen molar-refractivity contribution < 1.29 is 14.8 Å². The second-order valence-corrected chi connectivity index (χ2v) is 4.85. The Hall–Kier alpha value is -1.95. The highest BCUT2D eigenvalue weighted by molar-refractivity contribution is 5.80. The zero-order valence-electron chi connectivity index (χ0n) is 10.00. The predicted molar refractivity (Wildman–Crippen MR) is 64.0 cm³/mol. The molecule has 0 aliphatic carbocycles. The van der Waals surface area contributed by atoms with E-state index in [0.717, 1.165) is 0 Å². The van der Waals surface area contributed by atoms with Gasteiger partial charge < -0.3 is 10.0 Å². The molecule has 1 fully saturated rings. The molecule has 0 saturated carbocycles. The number of β-amino-alcohol motifs (C(OH)–C–C–N with tert-alkyl or cyclic N) is 1. The minimum absolute atomic E-state index is 0.0177. The van der Waals surface area contributed by atoms with E-state index in [1.807, 2.05) is 0 Å². The molecule has 1 N–H and O–H groups in total. The van der Waals surface area contributed by atoms with Crippen molar-refractivity contribution in [2.45, 2.75) is 18.9 Å². The van der Waals surface area contributed by atoms with E-state index in [0.29, 0.717) is 18.7 Å². The molecule has 0 atom stereocenters. The molecule has 96 valence electrons. The second kappa shape index (κ2) is 4.38. The fourth-order valence-electron chi connectivity index (χ4n) is 2.02. The number of amides is 1. The number of rotatable bonds is 3. The summed E-state index contributed by atoms with van der Waals surface area (Å²) >= 11 is 0. The summed E-state index contributed by atoms with van der Waals surface area (Å²) in [6.45, 7) is 2.31. The summed E-state index contributed by atoms with van der Waals surface area (Å²) in [5, 5.41) is 20.1. The first-order valence-electron chi connectivity index (χ1n) is 5.61. The first-order chi connectivity index (χ1) is 8.37. The van der Waals surface area contributed by atoms with Gasteiger partial charge in [-0.1, -0.05) is 12.1 Å². The van der Waals surface area contributed by atoms with Crippen LogP contribution in [0.1, 0.15) is 12.5 Å². The van der Waals surface area contributed by atoms with Gasteiger partial charge in [-0.15, -0.1) is 0 Å². The Morgan fingerprint density at radius 1 is 1.56 bits per heavy atom. The third-order valence-corrected chi connectivity index (χ3v) is 2.89. The van der Waals surface area contributed by atoms with Crippen molar-refractivity contribution in [1.82, 2.24) is 4.90 Å². The Labute approximate surface area is 104 Å². The van der Waals surface area contributed by atoms with Crippen LogP contribution < -0.4 is 0 Å². The molecule has 18 heavy (non-hydrogen) atoms. The largest absolute Gasteiger partial charge is 0.386 e. The van der Waals surface area contributed by atoms with Gasteiger partial charge in [-0.25, -0.2) is 0 Å². The molecule has 6 heteroatoms. The van der Waals surface area contributed by atoms with Crippen molar-refractivity contribution in [3.8, 4) is 0 Å². The lowest BCUT2D eigenvalue weighted by atomic mass is 9.96. The summed E-state index contributed by atoms with van der Waals surface area (Å²) in [6, 6.07) is 6.04. The van der Waals surface area contributed by atoms with E-state index in [-0.39, 0.29) is 18.0 Å². The molecular formula is C12H14N2O4. The van der Waals surface area contributed by atoms with Crippen LogP contribution in [0.2, 0.25) is 0 Å². The quantitative estimate of drug-likeness (QED) is 0.633. The average molecular weight is 250 g/mol. The topological polar surface area (TPSA) is 83.7 Å². The number of nitro benzene ring substituents is 1. The Bertz CT molecular complexity index is 491. The first kappa shape index (κ1) is 12.5. The standard InChI is InChI=1S/C12H14N2O4/c1-12(16)7-13(8-12)11(15)6-9-3-2-4-10(5-9)14(17)18/h2-5,16H,6-8H2,1H3. The number of likely N-dealkylation sites (tertiary alicyclic amines) is 1. The number of nitro groups is 1. The van der Waals surface area contributed by atoms with Crippen molar-refractivity contribution in [2.24, 2.45) is 0 Å². The van der Waals surface area contributed by atoms with Gasteiger partial charge in [-0.05, 0) is 12.5 Å². The molecule has 1 amide bonds. The van der Waals surface area contributed by atoms with E-state index >= 15 is 0 Å². The lowest BCUT2D eigenvalue weighted by Crippen LogP contribution is -2.62. The highest BCUT2D eigenvalue weighted by Crippen LogP contribution is 2.21. The maximum Gasteiger partial charge on any atom is 0.269 e. The van der Waals surface area contributed by atoms with Crippen LogP contribution in [-0.2, 0) is 11.2 Å². The van der Waals surface area contributed by atoms with Crippen LogP contribution in [-0.4, -0.2) is 39.5 Å². The number of hydrogen-bond donors (Lipinski definition) is 1. The fourth-order valence-corrected chi connectivity index (χ4v) is 2.02. The van der Waals surface area contributed by atoms with Crippen LogP contribution in [0.3, 0.4) is 0 Å². The average Bonchev–Trinajstić information content (AvgIpc) is 2.26. The third-order valence-electron chi connectivity index (χ3n) is 2.89. The van der Waals surface area contributed by atoms with Gasteiger partial charge in [0.25, 0.3) is 5.69 Å². The van der Waals surface area contributed by atoms with Crippen molar-refractivity contribution in [1.29, 1.82) is 0 Å². The predicted octanol–water partition coefficient (Wildman–Crippen LogP) is 0.730. The molecule has 1 heterocycles. The number of hydrogen-bond acceptors (Lipinski definition) is 4. The minimum Gasteiger partial charge on any atom is -0.386 e. The van der Waals surface area contributed by atoms with Crippen LogP contribution in [0, 0.1) is 10.1 Å². The van der Waals surface area contributed by atoms with Gasteiger partial charge >= 0.3 is 0 Å². The number of carbonyl (C=O) groups is 1. The molecule has 0 radical (unpaired) electrons. The van der Waals surface area contributed by atoms with Gasteiger partial charge in [0.1, 0.15) is 0 Å². The van der Waals surface area contributed by atoms with Crippen LogP contribution in [0.25, 0.3) is 0 Å². The maximum atomic E-state index is 11.8. The highest BCUT2D eigenvalue weighted by atomic mass is 16.6. The van der Waals surface area contributed by atoms with Crippen molar-refractivity contribution in [3.63, 3.8) is 0 Å². The Morgan fingerprint density at radius 2 is 2.22 bits per heavy atom. The number of benzene rings is 1. The summed E-state index contributed by atoms with van der Waals surface area (Å²) in [5.41, 5.74) is -0.199. The van der Waals surface area contributed by atoms with Gasteiger partial charge in [0.05, 0.1) is 30.0 Å². The van der Waals surface area contributed by atoms with Crippen molar-refractivity contribution in [3.05, 3.63) is 39.9 Å². The van der Waals surface area contributed by atoms with Gasteiger partial charge in [0, 0.05) is 12.1 Å². The van der Waals surface area contributed by atoms with Crippen molar-refractivity contribution >= 4 is 11.6 Å². The summed E-state index contributed by atoms with van der Waals surface area (Å²) in [7, 11) is 0. The Kier molecular flexibility index (Phi) is 3.04. The van der Waals surface area contributed by atoms with E-state index in [1.54, 1.807) is 24.0 Å². The summed E-state index contributed by atoms with van der Waals surface area (Å²) < 4.78 is 0. The van der Waals surface area contributed by atoms with E-state index < -0.39 is 10.5 Å². The Balaban J connectivity index is 2.00. The molecule has 0 unspecified atom stereocenters. The highest BCUT2D eigenvalue weighted by Gasteiger charge is 2.39. The number of nitrogens with zero attached hydrogens (tertiary/aromatic N) is 2. The molecule has 1 aliphatic rings. The zero-order valence-corrected chi connectivity index (χ0v) is 10.00. The molecule has 1 aromatic carbocycles. The van der Waals surface area contributed by atoms with Crippen LogP contribution in [0.5, 0.6) is 0 Å². The Morgan fingerprint density at radius 3 is 2.78 bits per heavy atom. The first-order valence-corrected chi connectivity index (χ1v) is 5.61. The number of carbonyl (C=O) groups excluding carboxylic acids is 1. The van der Waals surface area contributed by atoms with Gasteiger partial charge in [0.15, 0.2) is 0 Å². The molecule has 2 rings (SSSR count). The molecule has 0 bridgehead atoms. The third kappa shape index (κ3) is 2.65. The van der Waals surface area contributed by atoms with E-state index in [1.165, 1.54) is 12.1 Å². The van der Waals surface area contributed by atoms with Crippen LogP contribution in [0.4, 0.5) is 5.69 Å². The fraction of sp³-hybridized carbons (Fsp3) is 0.417. The lowest BCUT2D eigenvalue weighted by Gasteiger charge is -2.44. The molecule has 1 aliphatic heterocycles. The normalized spacial score (nSPS) is 17.1. The van der Waals surface area contributed by atoms with E-state index in [2.05, 4.69) is 0 Å². The van der Waals surface area contributed by atoms with Crippen LogP contribution >= 0.6 is 0 Å². The molecule has 1 saturated heterocycles. The monoisotopic (exact) mass is 250 g/mol. The number of non-ortho nitro benzene ring substituents is 1. The molecule has 1 aromatic rings. The van der Waals surface area contributed by atoms with Gasteiger partial charge in [-0.3, -0.25) is 14.9 Å².